The van der Waals surface area contributed by atoms with Crippen LogP contribution in [0.4, 0.5) is 4.39 Å². The highest BCUT2D eigenvalue weighted by Gasteiger charge is 2.43. The Morgan fingerprint density at radius 3 is 2.75 bits per heavy atom. The maximum absolute atomic E-state index is 13.0. The van der Waals surface area contributed by atoms with Crippen LogP contribution in [-0.4, -0.2) is 23.2 Å². The van der Waals surface area contributed by atoms with E-state index in [0.29, 0.717) is 5.56 Å². The van der Waals surface area contributed by atoms with Gasteiger partial charge in [0.25, 0.3) is 5.91 Å². The van der Waals surface area contributed by atoms with Gasteiger partial charge in [0.15, 0.2) is 0 Å². The van der Waals surface area contributed by atoms with Crippen molar-refractivity contribution in [3.63, 3.8) is 0 Å². The predicted molar refractivity (Wildman–Crippen MR) is 60.6 cm³/mol. The Kier molecular flexibility index (Phi) is 2.99. The minimum absolute atomic E-state index is 0.0545. The highest BCUT2D eigenvalue weighted by molar-refractivity contribution is 9.10. The van der Waals surface area contributed by atoms with Crippen LogP contribution in [0.25, 0.3) is 0 Å². The molecule has 0 atom stereocenters. The molecule has 0 aliphatic heterocycles. The number of aliphatic hydroxyl groups is 1. The Morgan fingerprint density at radius 2 is 2.25 bits per heavy atom. The van der Waals surface area contributed by atoms with Crippen molar-refractivity contribution in [2.45, 2.75) is 18.4 Å². The lowest BCUT2D eigenvalue weighted by molar-refractivity contribution is 0.0906. The van der Waals surface area contributed by atoms with Gasteiger partial charge in [0.2, 0.25) is 0 Å². The van der Waals surface area contributed by atoms with Crippen molar-refractivity contribution >= 4 is 21.8 Å². The number of benzene rings is 1. The van der Waals surface area contributed by atoms with Crippen molar-refractivity contribution in [2.24, 2.45) is 0 Å². The molecule has 1 saturated carbocycles. The topological polar surface area (TPSA) is 49.3 Å². The lowest BCUT2D eigenvalue weighted by Gasteiger charge is -2.14. The number of halogens is 2. The Hall–Kier alpha value is -0.940. The molecule has 1 aliphatic rings. The molecule has 1 aromatic rings. The molecule has 0 heterocycles. The van der Waals surface area contributed by atoms with Gasteiger partial charge in [-0.05, 0) is 47.0 Å². The fraction of sp³-hybridized carbons (Fsp3) is 0.364. The molecule has 0 bridgehead atoms. The summed E-state index contributed by atoms with van der Waals surface area (Å²) in [5.74, 6) is -0.688. The largest absolute Gasteiger partial charge is 0.394 e. The van der Waals surface area contributed by atoms with Crippen LogP contribution in [0.15, 0.2) is 22.7 Å². The molecule has 0 saturated heterocycles. The van der Waals surface area contributed by atoms with Crippen LogP contribution in [0.1, 0.15) is 23.2 Å². The third-order valence-electron chi connectivity index (χ3n) is 2.72. The molecule has 0 aromatic heterocycles. The number of carbonyl (C=O) groups excluding carboxylic acids is 1. The zero-order chi connectivity index (χ0) is 11.8. The maximum Gasteiger partial charge on any atom is 0.251 e. The number of hydrogen-bond donors (Lipinski definition) is 2. The van der Waals surface area contributed by atoms with Crippen molar-refractivity contribution in [1.82, 2.24) is 5.32 Å². The molecular weight excluding hydrogens is 277 g/mol. The number of aliphatic hydroxyl groups excluding tert-OH is 1. The van der Waals surface area contributed by atoms with Crippen molar-refractivity contribution in [1.29, 1.82) is 0 Å². The van der Waals surface area contributed by atoms with Gasteiger partial charge in [-0.15, -0.1) is 0 Å². The predicted octanol–water partition coefficient (Wildman–Crippen LogP) is 1.84. The molecule has 2 rings (SSSR count). The number of rotatable bonds is 3. The summed E-state index contributed by atoms with van der Waals surface area (Å²) in [5.41, 5.74) is -0.0641. The SMILES string of the molecule is O=C(NC1(CO)CC1)c1ccc(F)c(Br)c1. The van der Waals surface area contributed by atoms with E-state index in [1.807, 2.05) is 0 Å². The minimum atomic E-state index is -0.446. The van der Waals surface area contributed by atoms with Crippen molar-refractivity contribution in [2.75, 3.05) is 6.61 Å². The number of amides is 1. The summed E-state index contributed by atoms with van der Waals surface area (Å²) < 4.78 is 13.2. The first-order valence-corrected chi connectivity index (χ1v) is 5.74. The molecular formula is C11H11BrFNO2. The molecule has 0 spiro atoms. The molecule has 3 nitrogen and oxygen atoms in total. The summed E-state index contributed by atoms with van der Waals surface area (Å²) in [5, 5.41) is 11.8. The van der Waals surface area contributed by atoms with E-state index in [1.165, 1.54) is 18.2 Å². The highest BCUT2D eigenvalue weighted by atomic mass is 79.9. The Balaban J connectivity index is 2.12. The Labute approximate surface area is 101 Å². The quantitative estimate of drug-likeness (QED) is 0.891. The summed E-state index contributed by atoms with van der Waals surface area (Å²) in [7, 11) is 0. The van der Waals surface area contributed by atoms with Crippen LogP contribution in [-0.2, 0) is 0 Å². The molecule has 0 unspecified atom stereocenters. The van der Waals surface area contributed by atoms with Gasteiger partial charge in [-0.2, -0.15) is 0 Å². The molecule has 16 heavy (non-hydrogen) atoms. The van der Waals surface area contributed by atoms with Crippen LogP contribution in [0, 0.1) is 5.82 Å². The Bertz CT molecular complexity index is 432. The van der Waals surface area contributed by atoms with Gasteiger partial charge >= 0.3 is 0 Å². The number of nitrogens with one attached hydrogen (secondary N) is 1. The summed E-state index contributed by atoms with van der Waals surface area (Å²) in [6, 6.07) is 4.08. The van der Waals surface area contributed by atoms with E-state index in [0.717, 1.165) is 12.8 Å². The number of hydrogen-bond acceptors (Lipinski definition) is 2. The van der Waals surface area contributed by atoms with Gasteiger partial charge in [0.05, 0.1) is 16.6 Å². The third kappa shape index (κ3) is 2.25. The summed E-state index contributed by atoms with van der Waals surface area (Å²) >= 11 is 3.02. The van der Waals surface area contributed by atoms with Crippen LogP contribution in [0.5, 0.6) is 0 Å². The van der Waals surface area contributed by atoms with Crippen LogP contribution in [0.2, 0.25) is 0 Å². The van der Waals surface area contributed by atoms with Crippen molar-refractivity contribution < 1.29 is 14.3 Å². The second-order valence-corrected chi connectivity index (χ2v) is 4.88. The third-order valence-corrected chi connectivity index (χ3v) is 3.32. The smallest absolute Gasteiger partial charge is 0.251 e. The molecule has 86 valence electrons. The minimum Gasteiger partial charge on any atom is -0.394 e. The van der Waals surface area contributed by atoms with E-state index >= 15 is 0 Å². The normalized spacial score (nSPS) is 16.9. The fourth-order valence-electron chi connectivity index (χ4n) is 1.42. The zero-order valence-corrected chi connectivity index (χ0v) is 10.1. The lowest BCUT2D eigenvalue weighted by atomic mass is 10.2. The van der Waals surface area contributed by atoms with E-state index in [1.54, 1.807) is 0 Å². The van der Waals surface area contributed by atoms with Crippen molar-refractivity contribution in [3.8, 4) is 0 Å². The molecule has 5 heteroatoms. The zero-order valence-electron chi connectivity index (χ0n) is 8.46. The van der Waals surface area contributed by atoms with Crippen molar-refractivity contribution in [3.05, 3.63) is 34.1 Å². The van der Waals surface area contributed by atoms with E-state index in [2.05, 4.69) is 21.2 Å². The highest BCUT2D eigenvalue weighted by Crippen LogP contribution is 2.34. The lowest BCUT2D eigenvalue weighted by Crippen LogP contribution is -2.39. The Morgan fingerprint density at radius 1 is 1.56 bits per heavy atom. The fourth-order valence-corrected chi connectivity index (χ4v) is 1.80. The average Bonchev–Trinajstić information content (AvgIpc) is 3.02. The van der Waals surface area contributed by atoms with Gasteiger partial charge in [0, 0.05) is 5.56 Å². The molecule has 2 N–H and O–H groups in total. The first kappa shape index (κ1) is 11.5. The van der Waals surface area contributed by atoms with Crippen LogP contribution < -0.4 is 5.32 Å². The summed E-state index contributed by atoms with van der Waals surface area (Å²) in [4.78, 5) is 11.8. The van der Waals surface area contributed by atoms with E-state index in [-0.39, 0.29) is 17.0 Å². The first-order valence-electron chi connectivity index (χ1n) is 4.95. The van der Waals surface area contributed by atoms with E-state index < -0.39 is 11.4 Å². The van der Waals surface area contributed by atoms with E-state index in [9.17, 15) is 9.18 Å². The van der Waals surface area contributed by atoms with Gasteiger partial charge in [0.1, 0.15) is 5.82 Å². The molecule has 1 amide bonds. The van der Waals surface area contributed by atoms with Gasteiger partial charge in [-0.25, -0.2) is 4.39 Å². The van der Waals surface area contributed by atoms with Crippen LogP contribution >= 0.6 is 15.9 Å². The first-order chi connectivity index (χ1) is 7.56. The van der Waals surface area contributed by atoms with Gasteiger partial charge in [-0.3, -0.25) is 4.79 Å². The monoisotopic (exact) mass is 287 g/mol. The van der Waals surface area contributed by atoms with Gasteiger partial charge in [-0.1, -0.05) is 0 Å². The second kappa shape index (κ2) is 4.14. The van der Waals surface area contributed by atoms with Gasteiger partial charge < -0.3 is 10.4 Å². The molecule has 1 aliphatic carbocycles. The molecule has 1 aromatic carbocycles. The molecule has 1 fully saturated rings. The second-order valence-electron chi connectivity index (χ2n) is 4.02. The standard InChI is InChI=1S/C11H11BrFNO2/c12-8-5-7(1-2-9(8)13)10(16)14-11(6-15)3-4-11/h1-2,5,15H,3-4,6H2,(H,14,16). The van der Waals surface area contributed by atoms with Crippen LogP contribution in [0.3, 0.4) is 0 Å². The summed E-state index contributed by atoms with van der Waals surface area (Å²) in [6.45, 7) is -0.0545. The number of carbonyl (C=O) groups is 1. The molecule has 0 radical (unpaired) electrons. The summed E-state index contributed by atoms with van der Waals surface area (Å²) in [6.07, 6.45) is 1.58. The average molecular weight is 288 g/mol. The maximum atomic E-state index is 13.0. The van der Waals surface area contributed by atoms with E-state index in [4.69, 9.17) is 5.11 Å².